The molecule has 1 aromatic carbocycles. The molecule has 0 unspecified atom stereocenters. The van der Waals surface area contributed by atoms with Gasteiger partial charge in [0.15, 0.2) is 0 Å². The van der Waals surface area contributed by atoms with Crippen LogP contribution in [0.15, 0.2) is 24.3 Å². The number of hydrogen-bond acceptors (Lipinski definition) is 3. The molecule has 0 saturated heterocycles. The number of benzene rings is 1. The van der Waals surface area contributed by atoms with Crippen LogP contribution in [0, 0.1) is 23.0 Å². The number of rotatable bonds is 5. The third-order valence-corrected chi connectivity index (χ3v) is 7.33. The van der Waals surface area contributed by atoms with Gasteiger partial charge < -0.3 is 5.73 Å². The van der Waals surface area contributed by atoms with Gasteiger partial charge in [-0.1, -0.05) is 26.8 Å². The Morgan fingerprint density at radius 3 is 2.57 bits per heavy atom. The minimum Gasteiger partial charge on any atom is -0.369 e. The summed E-state index contributed by atoms with van der Waals surface area (Å²) in [4.78, 5) is 11.9. The molecule has 4 rings (SSSR count). The summed E-state index contributed by atoms with van der Waals surface area (Å²) in [6, 6.07) is 5.58. The van der Waals surface area contributed by atoms with E-state index < -0.39 is 11.6 Å². The number of fused-ring (bicyclic) bond motifs is 5. The number of hydrogen-bond donors (Lipinski definition) is 1. The second-order valence-corrected chi connectivity index (χ2v) is 8.74. The monoisotopic (exact) mass is 385 g/mol. The van der Waals surface area contributed by atoms with E-state index in [4.69, 9.17) is 5.73 Å². The molecule has 148 valence electrons. The summed E-state index contributed by atoms with van der Waals surface area (Å²) in [5, 5.41) is 8.68. The molecule has 1 heterocycles. The fourth-order valence-electron chi connectivity index (χ4n) is 5.61. The fraction of sp³-hybridized carbons (Fsp3) is 0.500. The van der Waals surface area contributed by atoms with Gasteiger partial charge in [-0.2, -0.15) is 10.2 Å². The van der Waals surface area contributed by atoms with Crippen molar-refractivity contribution in [2.45, 2.75) is 57.8 Å². The first-order chi connectivity index (χ1) is 13.2. The Kier molecular flexibility index (Phi) is 4.28. The highest BCUT2D eigenvalue weighted by molar-refractivity contribution is 5.77. The van der Waals surface area contributed by atoms with E-state index in [-0.39, 0.29) is 39.8 Å². The quantitative estimate of drug-likeness (QED) is 0.825. The number of nitrogens with zero attached hydrogens (tertiary/aromatic N) is 2. The molecule has 3 atom stereocenters. The molecule has 28 heavy (non-hydrogen) atoms. The molecular weight excluding hydrogens is 360 g/mol. The van der Waals surface area contributed by atoms with Crippen molar-refractivity contribution in [3.05, 3.63) is 47.2 Å². The van der Waals surface area contributed by atoms with Gasteiger partial charge in [0.2, 0.25) is 5.91 Å². The predicted octanol–water partition coefficient (Wildman–Crippen LogP) is 4.48. The molecule has 0 spiro atoms. The molecule has 2 N–H and O–H groups in total. The van der Waals surface area contributed by atoms with E-state index in [1.54, 1.807) is 6.07 Å². The minimum atomic E-state index is -0.647. The minimum absolute atomic E-state index is 0.126. The Labute approximate surface area is 163 Å². The Balaban J connectivity index is 1.84. The lowest BCUT2D eigenvalue weighted by Crippen LogP contribution is -2.40. The average Bonchev–Trinajstić information content (AvgIpc) is 3.00. The maximum Gasteiger partial charge on any atom is 0.220 e. The van der Waals surface area contributed by atoms with Gasteiger partial charge in [0, 0.05) is 11.3 Å². The lowest BCUT2D eigenvalue weighted by molar-refractivity contribution is -0.122. The van der Waals surface area contributed by atoms with Crippen molar-refractivity contribution in [3.8, 4) is 11.3 Å². The second kappa shape index (κ2) is 6.33. The molecule has 1 amide bonds. The molecule has 0 radical (unpaired) electrons. The third-order valence-electron chi connectivity index (χ3n) is 7.33. The lowest BCUT2D eigenvalue weighted by Gasteiger charge is -2.39. The first-order valence-corrected chi connectivity index (χ1v) is 9.84. The molecule has 2 aromatic rings. The lowest BCUT2D eigenvalue weighted by atomic mass is 9.64. The SMILES string of the molecule is CC[C@H](C[C@@]12CC[C@@H](c3cc(-c4c(F)cccc4F)nnc31)C2(C)C)C(N)=O. The van der Waals surface area contributed by atoms with Gasteiger partial charge in [0.25, 0.3) is 0 Å². The van der Waals surface area contributed by atoms with E-state index in [1.807, 2.05) is 6.92 Å². The number of halogens is 2. The maximum atomic E-state index is 14.3. The number of carbonyl (C=O) groups is 1. The van der Waals surface area contributed by atoms with Gasteiger partial charge >= 0.3 is 0 Å². The van der Waals surface area contributed by atoms with Crippen LogP contribution in [-0.4, -0.2) is 16.1 Å². The van der Waals surface area contributed by atoms with Crippen LogP contribution >= 0.6 is 0 Å². The first kappa shape index (κ1) is 19.0. The van der Waals surface area contributed by atoms with Crippen molar-refractivity contribution in [2.24, 2.45) is 17.1 Å². The van der Waals surface area contributed by atoms with Crippen molar-refractivity contribution >= 4 is 5.91 Å². The topological polar surface area (TPSA) is 68.9 Å². The van der Waals surface area contributed by atoms with Gasteiger partial charge in [-0.25, -0.2) is 8.78 Å². The number of amides is 1. The van der Waals surface area contributed by atoms with Crippen LogP contribution in [-0.2, 0) is 10.2 Å². The predicted molar refractivity (Wildman–Crippen MR) is 102 cm³/mol. The standard InChI is InChI=1S/C22H25F2N3O/c1-4-12(20(25)28)11-22-9-8-14(21(22,2)3)13-10-17(26-27-19(13)22)18-15(23)6-5-7-16(18)24/h5-7,10,12,14H,4,8-9,11H2,1-3H3,(H2,25,28)/t12-,14+,22+/m1/s1. The van der Waals surface area contributed by atoms with E-state index >= 15 is 0 Å². The molecule has 2 aliphatic rings. The van der Waals surface area contributed by atoms with E-state index in [1.165, 1.54) is 18.2 Å². The Bertz CT molecular complexity index is 939. The molecule has 0 aliphatic heterocycles. The third kappa shape index (κ3) is 2.43. The molecule has 1 fully saturated rings. The molecule has 2 bridgehead atoms. The summed E-state index contributed by atoms with van der Waals surface area (Å²) in [5.41, 5.74) is 7.17. The molecule has 4 nitrogen and oxygen atoms in total. The summed E-state index contributed by atoms with van der Waals surface area (Å²) < 4.78 is 28.5. The van der Waals surface area contributed by atoms with Gasteiger partial charge in [0.1, 0.15) is 11.6 Å². The summed E-state index contributed by atoms with van der Waals surface area (Å²) >= 11 is 0. The highest BCUT2D eigenvalue weighted by Crippen LogP contribution is 2.69. The zero-order valence-electron chi connectivity index (χ0n) is 16.4. The first-order valence-electron chi connectivity index (χ1n) is 9.84. The van der Waals surface area contributed by atoms with Gasteiger partial charge in [-0.15, -0.1) is 0 Å². The van der Waals surface area contributed by atoms with E-state index in [9.17, 15) is 13.6 Å². The van der Waals surface area contributed by atoms with Crippen LogP contribution in [0.4, 0.5) is 8.78 Å². The van der Waals surface area contributed by atoms with Crippen LogP contribution in [0.1, 0.15) is 63.6 Å². The number of aromatic nitrogens is 2. The molecule has 6 heteroatoms. The normalized spacial score (nSPS) is 25.5. The van der Waals surface area contributed by atoms with E-state index in [2.05, 4.69) is 24.0 Å². The van der Waals surface area contributed by atoms with Crippen LogP contribution in [0.2, 0.25) is 0 Å². The van der Waals surface area contributed by atoms with Crippen molar-refractivity contribution in [1.29, 1.82) is 0 Å². The molecule has 2 aliphatic carbocycles. The zero-order valence-corrected chi connectivity index (χ0v) is 16.4. The number of carbonyl (C=O) groups excluding carboxylic acids is 1. The van der Waals surface area contributed by atoms with Gasteiger partial charge in [0.05, 0.1) is 17.0 Å². The Hall–Kier alpha value is -2.37. The number of nitrogens with two attached hydrogens (primary N) is 1. The van der Waals surface area contributed by atoms with Crippen LogP contribution in [0.25, 0.3) is 11.3 Å². The number of primary amides is 1. The van der Waals surface area contributed by atoms with Gasteiger partial charge in [-0.05, 0) is 60.8 Å². The van der Waals surface area contributed by atoms with Crippen molar-refractivity contribution < 1.29 is 13.6 Å². The van der Waals surface area contributed by atoms with Crippen LogP contribution in [0.3, 0.4) is 0 Å². The van der Waals surface area contributed by atoms with Crippen molar-refractivity contribution in [3.63, 3.8) is 0 Å². The molecule has 1 aromatic heterocycles. The van der Waals surface area contributed by atoms with E-state index in [0.29, 0.717) is 12.8 Å². The summed E-state index contributed by atoms with van der Waals surface area (Å²) in [6.07, 6.45) is 3.19. The summed E-state index contributed by atoms with van der Waals surface area (Å²) in [6.45, 7) is 6.37. The van der Waals surface area contributed by atoms with E-state index in [0.717, 1.165) is 24.1 Å². The highest BCUT2D eigenvalue weighted by Gasteiger charge is 2.63. The zero-order chi connectivity index (χ0) is 20.3. The summed E-state index contributed by atoms with van der Waals surface area (Å²) in [7, 11) is 0. The smallest absolute Gasteiger partial charge is 0.220 e. The fourth-order valence-corrected chi connectivity index (χ4v) is 5.61. The summed E-state index contributed by atoms with van der Waals surface area (Å²) in [5.74, 6) is -1.59. The molecular formula is C22H25F2N3O. The Morgan fingerprint density at radius 1 is 1.29 bits per heavy atom. The van der Waals surface area contributed by atoms with Crippen LogP contribution in [0.5, 0.6) is 0 Å². The maximum absolute atomic E-state index is 14.3. The highest BCUT2D eigenvalue weighted by atomic mass is 19.1. The van der Waals surface area contributed by atoms with Crippen molar-refractivity contribution in [2.75, 3.05) is 0 Å². The molecule has 1 saturated carbocycles. The Morgan fingerprint density at radius 2 is 1.96 bits per heavy atom. The van der Waals surface area contributed by atoms with Gasteiger partial charge in [-0.3, -0.25) is 4.79 Å². The van der Waals surface area contributed by atoms with Crippen molar-refractivity contribution in [1.82, 2.24) is 10.2 Å². The second-order valence-electron chi connectivity index (χ2n) is 8.74. The largest absolute Gasteiger partial charge is 0.369 e. The average molecular weight is 385 g/mol. The van der Waals surface area contributed by atoms with Crippen LogP contribution < -0.4 is 5.73 Å².